The Morgan fingerprint density at radius 1 is 1.69 bits per heavy atom. The molecule has 0 bridgehead atoms. The number of aromatic nitrogens is 2. The molecule has 13 heavy (non-hydrogen) atoms. The Bertz CT molecular complexity index is 313. The van der Waals surface area contributed by atoms with Crippen LogP contribution in [0.2, 0.25) is 0 Å². The van der Waals surface area contributed by atoms with Crippen LogP contribution in [0.3, 0.4) is 0 Å². The molecule has 3 nitrogen and oxygen atoms in total. The van der Waals surface area contributed by atoms with E-state index in [-0.39, 0.29) is 0 Å². The quantitative estimate of drug-likeness (QED) is 0.774. The van der Waals surface area contributed by atoms with Crippen molar-refractivity contribution in [2.75, 3.05) is 0 Å². The second kappa shape index (κ2) is 2.51. The average Bonchev–Trinajstić information content (AvgIpc) is 2.63. The summed E-state index contributed by atoms with van der Waals surface area (Å²) in [5, 5.41) is 16.2. The molecule has 0 aromatic carbocycles. The Morgan fingerprint density at radius 2 is 2.62 bits per heavy atom. The van der Waals surface area contributed by atoms with Crippen molar-refractivity contribution in [3.05, 3.63) is 11.1 Å². The number of hydrogen-bond donors (Lipinski definition) is 1. The highest BCUT2D eigenvalue weighted by Gasteiger charge is 2.57. The first-order chi connectivity index (χ1) is 6.28. The summed E-state index contributed by atoms with van der Waals surface area (Å²) in [6.07, 6.45) is 4.11. The molecule has 0 saturated heterocycles. The molecule has 0 radical (unpaired) electrons. The zero-order valence-corrected chi connectivity index (χ0v) is 8.13. The highest BCUT2D eigenvalue weighted by Crippen LogP contribution is 2.58. The summed E-state index contributed by atoms with van der Waals surface area (Å²) < 4.78 is 3.81. The third-order valence-electron chi connectivity index (χ3n) is 3.45. The van der Waals surface area contributed by atoms with Crippen LogP contribution in [0.5, 0.6) is 0 Å². The van der Waals surface area contributed by atoms with Crippen LogP contribution in [0, 0.1) is 11.8 Å². The van der Waals surface area contributed by atoms with Crippen LogP contribution in [-0.4, -0.2) is 20.3 Å². The van der Waals surface area contributed by atoms with Gasteiger partial charge in [0.1, 0.15) is 0 Å². The summed E-state index contributed by atoms with van der Waals surface area (Å²) in [5.74, 6) is 1.38. The van der Waals surface area contributed by atoms with Crippen molar-refractivity contribution in [3.63, 3.8) is 0 Å². The minimum atomic E-state index is -0.444. The number of hydrogen-bond acceptors (Lipinski definition) is 4. The van der Waals surface area contributed by atoms with Gasteiger partial charge in [0.15, 0.2) is 0 Å². The molecule has 0 spiro atoms. The smallest absolute Gasteiger partial charge is 0.0784 e. The highest BCUT2D eigenvalue weighted by molar-refractivity contribution is 7.03. The predicted molar refractivity (Wildman–Crippen MR) is 49.4 cm³/mol. The van der Waals surface area contributed by atoms with Crippen molar-refractivity contribution in [1.29, 1.82) is 0 Å². The molecule has 3 atom stereocenters. The molecule has 0 amide bonds. The topological polar surface area (TPSA) is 46.0 Å². The van der Waals surface area contributed by atoms with Gasteiger partial charge in [0.2, 0.25) is 0 Å². The standard InChI is InChI=1S/C9H12N2OS/c12-9(2-1-6-3-8(6)9)4-7-5-13-11-10-7/h5-6,8,12H,1-4H2. The van der Waals surface area contributed by atoms with E-state index in [2.05, 4.69) is 9.59 Å². The summed E-state index contributed by atoms with van der Waals surface area (Å²) in [4.78, 5) is 0. The molecule has 1 N–H and O–H groups in total. The van der Waals surface area contributed by atoms with E-state index in [1.54, 1.807) is 0 Å². The molecule has 1 aromatic heterocycles. The zero-order valence-electron chi connectivity index (χ0n) is 7.31. The Hall–Kier alpha value is -0.480. The minimum Gasteiger partial charge on any atom is -0.389 e. The van der Waals surface area contributed by atoms with E-state index in [1.807, 2.05) is 5.38 Å². The summed E-state index contributed by atoms with van der Waals surface area (Å²) in [6.45, 7) is 0. The lowest BCUT2D eigenvalue weighted by Gasteiger charge is -2.23. The van der Waals surface area contributed by atoms with Crippen molar-refractivity contribution >= 4 is 11.5 Å². The lowest BCUT2D eigenvalue weighted by atomic mass is 9.92. The molecule has 2 fully saturated rings. The summed E-state index contributed by atoms with van der Waals surface area (Å²) in [7, 11) is 0. The van der Waals surface area contributed by atoms with E-state index >= 15 is 0 Å². The first-order valence-corrected chi connectivity index (χ1v) is 5.60. The van der Waals surface area contributed by atoms with Gasteiger partial charge in [-0.25, -0.2) is 0 Å². The molecular formula is C9H12N2OS. The fourth-order valence-corrected chi connectivity index (χ4v) is 3.09. The van der Waals surface area contributed by atoms with E-state index in [0.29, 0.717) is 12.3 Å². The second-order valence-corrected chi connectivity index (χ2v) is 4.93. The van der Waals surface area contributed by atoms with Crippen molar-refractivity contribution in [3.8, 4) is 0 Å². The Labute approximate surface area is 81.0 Å². The number of rotatable bonds is 2. The van der Waals surface area contributed by atoms with Crippen molar-refractivity contribution in [1.82, 2.24) is 9.59 Å². The van der Waals surface area contributed by atoms with Crippen LogP contribution in [0.4, 0.5) is 0 Å². The second-order valence-electron chi connectivity index (χ2n) is 4.32. The molecule has 0 aliphatic heterocycles. The molecule has 2 aliphatic rings. The van der Waals surface area contributed by atoms with E-state index in [0.717, 1.165) is 18.0 Å². The molecule has 2 aliphatic carbocycles. The molecule has 3 unspecified atom stereocenters. The average molecular weight is 196 g/mol. The molecule has 3 rings (SSSR count). The van der Waals surface area contributed by atoms with Gasteiger partial charge in [-0.2, -0.15) is 0 Å². The van der Waals surface area contributed by atoms with Gasteiger partial charge in [-0.3, -0.25) is 0 Å². The maximum Gasteiger partial charge on any atom is 0.0784 e. The van der Waals surface area contributed by atoms with Crippen molar-refractivity contribution < 1.29 is 5.11 Å². The Morgan fingerprint density at radius 3 is 3.15 bits per heavy atom. The van der Waals surface area contributed by atoms with Crippen LogP contribution >= 0.6 is 11.5 Å². The molecule has 1 aromatic rings. The first-order valence-electron chi connectivity index (χ1n) is 4.76. The number of nitrogens with zero attached hydrogens (tertiary/aromatic N) is 2. The van der Waals surface area contributed by atoms with Gasteiger partial charge in [-0.05, 0) is 42.6 Å². The van der Waals surface area contributed by atoms with Crippen LogP contribution in [0.25, 0.3) is 0 Å². The lowest BCUT2D eigenvalue weighted by Crippen LogP contribution is -2.31. The molecule has 2 saturated carbocycles. The van der Waals surface area contributed by atoms with E-state index in [1.165, 1.54) is 24.4 Å². The van der Waals surface area contributed by atoms with Crippen LogP contribution < -0.4 is 0 Å². The number of aliphatic hydroxyl groups is 1. The first kappa shape index (κ1) is 7.88. The van der Waals surface area contributed by atoms with Crippen LogP contribution in [0.15, 0.2) is 5.38 Å². The van der Waals surface area contributed by atoms with Gasteiger partial charge < -0.3 is 5.11 Å². The summed E-state index contributed by atoms with van der Waals surface area (Å²) in [6, 6.07) is 0. The third-order valence-corrected chi connectivity index (χ3v) is 4.01. The van der Waals surface area contributed by atoms with Crippen molar-refractivity contribution in [2.45, 2.75) is 31.3 Å². The number of fused-ring (bicyclic) bond motifs is 1. The monoisotopic (exact) mass is 196 g/mol. The fraction of sp³-hybridized carbons (Fsp3) is 0.778. The Balaban J connectivity index is 1.78. The predicted octanol–water partition coefficient (Wildman–Crippen LogP) is 1.24. The highest BCUT2D eigenvalue weighted by atomic mass is 32.1. The third kappa shape index (κ3) is 1.20. The maximum atomic E-state index is 10.3. The molecule has 1 heterocycles. The zero-order chi connectivity index (χ0) is 8.89. The molecular weight excluding hydrogens is 184 g/mol. The van der Waals surface area contributed by atoms with E-state index in [9.17, 15) is 5.11 Å². The molecule has 70 valence electrons. The Kier molecular flexibility index (Phi) is 1.52. The largest absolute Gasteiger partial charge is 0.389 e. The summed E-state index contributed by atoms with van der Waals surface area (Å²) >= 11 is 1.36. The van der Waals surface area contributed by atoms with Gasteiger partial charge in [0.25, 0.3) is 0 Å². The van der Waals surface area contributed by atoms with Gasteiger partial charge >= 0.3 is 0 Å². The molecule has 4 heteroatoms. The van der Waals surface area contributed by atoms with Gasteiger partial charge in [0, 0.05) is 11.8 Å². The van der Waals surface area contributed by atoms with Crippen LogP contribution in [0.1, 0.15) is 25.0 Å². The maximum absolute atomic E-state index is 10.3. The van der Waals surface area contributed by atoms with E-state index < -0.39 is 5.60 Å². The van der Waals surface area contributed by atoms with Gasteiger partial charge in [0.05, 0.1) is 11.3 Å². The van der Waals surface area contributed by atoms with Gasteiger partial charge in [-0.15, -0.1) is 5.10 Å². The lowest BCUT2D eigenvalue weighted by molar-refractivity contribution is 0.0244. The minimum absolute atomic E-state index is 0.444. The van der Waals surface area contributed by atoms with Crippen LogP contribution in [-0.2, 0) is 6.42 Å². The SMILES string of the molecule is OC1(Cc2csnn2)CCC2CC21. The summed E-state index contributed by atoms with van der Waals surface area (Å²) in [5.41, 5.74) is 0.514. The normalized spacial score (nSPS) is 41.9. The van der Waals surface area contributed by atoms with Gasteiger partial charge in [-0.1, -0.05) is 4.49 Å². The fourth-order valence-electron chi connectivity index (χ4n) is 2.64. The van der Waals surface area contributed by atoms with Crippen molar-refractivity contribution in [2.24, 2.45) is 11.8 Å². The van der Waals surface area contributed by atoms with E-state index in [4.69, 9.17) is 0 Å².